The SMILES string of the molecule is CCN(CC)c1ccc(Nc2nccc(C(=O)NCc3ccccc3)n2)cc1. The summed E-state index contributed by atoms with van der Waals surface area (Å²) in [6.45, 7) is 6.66. The quantitative estimate of drug-likeness (QED) is 0.623. The predicted molar refractivity (Wildman–Crippen MR) is 113 cm³/mol. The van der Waals surface area contributed by atoms with Crippen LogP contribution in [0.3, 0.4) is 0 Å². The van der Waals surface area contributed by atoms with Gasteiger partial charge in [-0.15, -0.1) is 0 Å². The Hall–Kier alpha value is -3.41. The van der Waals surface area contributed by atoms with Crippen molar-refractivity contribution in [3.05, 3.63) is 78.1 Å². The van der Waals surface area contributed by atoms with Gasteiger partial charge in [0.1, 0.15) is 5.69 Å². The van der Waals surface area contributed by atoms with E-state index in [9.17, 15) is 4.79 Å². The molecular weight excluding hydrogens is 350 g/mol. The molecule has 0 bridgehead atoms. The number of anilines is 3. The molecule has 0 aliphatic heterocycles. The summed E-state index contributed by atoms with van der Waals surface area (Å²) in [6, 6.07) is 19.5. The summed E-state index contributed by atoms with van der Waals surface area (Å²) in [5, 5.41) is 6.03. The van der Waals surface area contributed by atoms with Crippen molar-refractivity contribution in [3.63, 3.8) is 0 Å². The van der Waals surface area contributed by atoms with Crippen molar-refractivity contribution < 1.29 is 4.79 Å². The van der Waals surface area contributed by atoms with Crippen LogP contribution < -0.4 is 15.5 Å². The van der Waals surface area contributed by atoms with Gasteiger partial charge in [0, 0.05) is 37.2 Å². The molecule has 2 aromatic carbocycles. The largest absolute Gasteiger partial charge is 0.372 e. The van der Waals surface area contributed by atoms with Crippen LogP contribution in [0.15, 0.2) is 66.9 Å². The van der Waals surface area contributed by atoms with E-state index in [0.717, 1.165) is 24.3 Å². The zero-order valence-electron chi connectivity index (χ0n) is 16.2. The fraction of sp³-hybridized carbons (Fsp3) is 0.227. The third-order valence-electron chi connectivity index (χ3n) is 4.44. The highest BCUT2D eigenvalue weighted by molar-refractivity contribution is 5.92. The Morgan fingerprint density at radius 3 is 2.36 bits per heavy atom. The van der Waals surface area contributed by atoms with Gasteiger partial charge in [0.2, 0.25) is 5.95 Å². The first-order chi connectivity index (χ1) is 13.7. The highest BCUT2D eigenvalue weighted by Crippen LogP contribution is 2.19. The topological polar surface area (TPSA) is 70.2 Å². The first kappa shape index (κ1) is 19.4. The molecule has 0 unspecified atom stereocenters. The number of carbonyl (C=O) groups excluding carboxylic acids is 1. The van der Waals surface area contributed by atoms with E-state index in [0.29, 0.717) is 18.2 Å². The van der Waals surface area contributed by atoms with Gasteiger partial charge >= 0.3 is 0 Å². The molecule has 28 heavy (non-hydrogen) atoms. The smallest absolute Gasteiger partial charge is 0.270 e. The van der Waals surface area contributed by atoms with E-state index in [1.165, 1.54) is 5.69 Å². The van der Waals surface area contributed by atoms with Crippen LogP contribution >= 0.6 is 0 Å². The van der Waals surface area contributed by atoms with E-state index in [-0.39, 0.29) is 5.91 Å². The first-order valence-corrected chi connectivity index (χ1v) is 9.46. The zero-order valence-corrected chi connectivity index (χ0v) is 16.2. The average molecular weight is 375 g/mol. The van der Waals surface area contributed by atoms with E-state index >= 15 is 0 Å². The van der Waals surface area contributed by atoms with Crippen LogP contribution in [0, 0.1) is 0 Å². The molecular formula is C22H25N5O. The molecule has 6 heteroatoms. The average Bonchev–Trinajstić information content (AvgIpc) is 2.75. The second kappa shape index (κ2) is 9.50. The van der Waals surface area contributed by atoms with Gasteiger partial charge in [-0.25, -0.2) is 9.97 Å². The third-order valence-corrected chi connectivity index (χ3v) is 4.44. The van der Waals surface area contributed by atoms with Crippen molar-refractivity contribution in [1.29, 1.82) is 0 Å². The molecule has 0 radical (unpaired) electrons. The Kier molecular flexibility index (Phi) is 6.57. The van der Waals surface area contributed by atoms with Gasteiger partial charge in [-0.3, -0.25) is 4.79 Å². The molecule has 0 fully saturated rings. The van der Waals surface area contributed by atoms with Crippen molar-refractivity contribution in [2.24, 2.45) is 0 Å². The van der Waals surface area contributed by atoms with Crippen LogP contribution in [-0.2, 0) is 6.54 Å². The highest BCUT2D eigenvalue weighted by atomic mass is 16.1. The van der Waals surface area contributed by atoms with Gasteiger partial charge in [0.25, 0.3) is 5.91 Å². The number of amides is 1. The molecule has 1 heterocycles. The van der Waals surface area contributed by atoms with Gasteiger partial charge < -0.3 is 15.5 Å². The molecule has 0 saturated heterocycles. The van der Waals surface area contributed by atoms with Crippen LogP contribution in [0.1, 0.15) is 29.9 Å². The van der Waals surface area contributed by atoms with Gasteiger partial charge in [0.05, 0.1) is 0 Å². The number of benzene rings is 2. The molecule has 6 nitrogen and oxygen atoms in total. The summed E-state index contributed by atoms with van der Waals surface area (Å²) in [5.41, 5.74) is 3.41. The zero-order chi connectivity index (χ0) is 19.8. The summed E-state index contributed by atoms with van der Waals surface area (Å²) >= 11 is 0. The van der Waals surface area contributed by atoms with E-state index < -0.39 is 0 Å². The van der Waals surface area contributed by atoms with E-state index in [1.807, 2.05) is 42.5 Å². The molecule has 2 N–H and O–H groups in total. The molecule has 0 aliphatic carbocycles. The molecule has 0 saturated carbocycles. The molecule has 3 rings (SSSR count). The predicted octanol–water partition coefficient (Wildman–Crippen LogP) is 4.00. The van der Waals surface area contributed by atoms with Crippen molar-refractivity contribution in [3.8, 4) is 0 Å². The lowest BCUT2D eigenvalue weighted by Crippen LogP contribution is -2.24. The summed E-state index contributed by atoms with van der Waals surface area (Å²) in [6.07, 6.45) is 1.58. The summed E-state index contributed by atoms with van der Waals surface area (Å²) in [7, 11) is 0. The van der Waals surface area contributed by atoms with E-state index in [1.54, 1.807) is 12.3 Å². The maximum atomic E-state index is 12.4. The van der Waals surface area contributed by atoms with Gasteiger partial charge in [-0.1, -0.05) is 30.3 Å². The normalized spacial score (nSPS) is 10.4. The molecule has 0 atom stereocenters. The number of hydrogen-bond acceptors (Lipinski definition) is 5. The molecule has 0 aliphatic rings. The van der Waals surface area contributed by atoms with Crippen molar-refractivity contribution in [1.82, 2.24) is 15.3 Å². The van der Waals surface area contributed by atoms with Crippen LogP contribution in [0.25, 0.3) is 0 Å². The lowest BCUT2D eigenvalue weighted by atomic mass is 10.2. The van der Waals surface area contributed by atoms with Crippen LogP contribution in [0.2, 0.25) is 0 Å². The second-order valence-corrected chi connectivity index (χ2v) is 6.28. The molecule has 1 amide bonds. The first-order valence-electron chi connectivity index (χ1n) is 9.46. The van der Waals surface area contributed by atoms with Crippen molar-refractivity contribution in [2.45, 2.75) is 20.4 Å². The van der Waals surface area contributed by atoms with E-state index in [2.05, 4.69) is 51.5 Å². The minimum atomic E-state index is -0.230. The lowest BCUT2D eigenvalue weighted by molar-refractivity contribution is 0.0946. The lowest BCUT2D eigenvalue weighted by Gasteiger charge is -2.21. The minimum Gasteiger partial charge on any atom is -0.372 e. The number of carbonyl (C=O) groups is 1. The van der Waals surface area contributed by atoms with Gasteiger partial charge in [-0.05, 0) is 49.7 Å². The van der Waals surface area contributed by atoms with E-state index in [4.69, 9.17) is 0 Å². The second-order valence-electron chi connectivity index (χ2n) is 6.28. The highest BCUT2D eigenvalue weighted by Gasteiger charge is 2.09. The van der Waals surface area contributed by atoms with Gasteiger partial charge in [-0.2, -0.15) is 0 Å². The fourth-order valence-corrected chi connectivity index (χ4v) is 2.89. The number of hydrogen-bond donors (Lipinski definition) is 2. The Morgan fingerprint density at radius 1 is 0.964 bits per heavy atom. The molecule has 3 aromatic rings. The Morgan fingerprint density at radius 2 is 1.68 bits per heavy atom. The summed E-state index contributed by atoms with van der Waals surface area (Å²) in [4.78, 5) is 23.2. The maximum Gasteiger partial charge on any atom is 0.270 e. The minimum absolute atomic E-state index is 0.230. The number of aromatic nitrogens is 2. The Labute approximate surface area is 165 Å². The third kappa shape index (κ3) is 5.07. The molecule has 144 valence electrons. The number of rotatable bonds is 8. The summed E-state index contributed by atoms with van der Waals surface area (Å²) < 4.78 is 0. The molecule has 0 spiro atoms. The van der Waals surface area contributed by atoms with Crippen LogP contribution in [0.5, 0.6) is 0 Å². The summed E-state index contributed by atoms with van der Waals surface area (Å²) in [5.74, 6) is 0.161. The number of nitrogens with one attached hydrogen (secondary N) is 2. The molecule has 1 aromatic heterocycles. The van der Waals surface area contributed by atoms with Gasteiger partial charge in [0.15, 0.2) is 0 Å². The van der Waals surface area contributed by atoms with Crippen molar-refractivity contribution >= 4 is 23.2 Å². The monoisotopic (exact) mass is 375 g/mol. The van der Waals surface area contributed by atoms with Crippen LogP contribution in [-0.4, -0.2) is 29.0 Å². The number of nitrogens with zero attached hydrogens (tertiary/aromatic N) is 3. The van der Waals surface area contributed by atoms with Crippen molar-refractivity contribution in [2.75, 3.05) is 23.3 Å². The Bertz CT molecular complexity index is 892. The Balaban J connectivity index is 1.63. The van der Waals surface area contributed by atoms with Crippen LogP contribution in [0.4, 0.5) is 17.3 Å². The maximum absolute atomic E-state index is 12.4. The fourth-order valence-electron chi connectivity index (χ4n) is 2.89. The standard InChI is InChI=1S/C22H25N5O/c1-3-27(4-2)19-12-10-18(11-13-19)25-22-23-15-14-20(26-22)21(28)24-16-17-8-6-5-7-9-17/h5-15H,3-4,16H2,1-2H3,(H,24,28)(H,23,25,26).